The average Bonchev–Trinajstić information content (AvgIpc) is 2.30. The molecule has 2 heterocycles. The zero-order valence-electron chi connectivity index (χ0n) is 9.14. The minimum Gasteiger partial charge on any atom is -0.298 e. The first-order valence-corrected chi connectivity index (χ1v) is 4.93. The zero-order chi connectivity index (χ0) is 11.5. The fourth-order valence-electron chi connectivity index (χ4n) is 1.53. The van der Waals surface area contributed by atoms with Crippen molar-refractivity contribution in [2.24, 2.45) is 0 Å². The molecular formula is C12H11N3O. The molecule has 2 aromatic heterocycles. The molecule has 4 heteroatoms. The topological polar surface area (TPSA) is 55.7 Å². The van der Waals surface area contributed by atoms with Gasteiger partial charge in [-0.05, 0) is 26.0 Å². The van der Waals surface area contributed by atoms with Crippen LogP contribution in [0.3, 0.4) is 0 Å². The molecule has 0 fully saturated rings. The summed E-state index contributed by atoms with van der Waals surface area (Å²) in [7, 11) is 0. The van der Waals surface area contributed by atoms with Crippen molar-refractivity contribution in [3.63, 3.8) is 0 Å². The second kappa shape index (κ2) is 4.18. The lowest BCUT2D eigenvalue weighted by Crippen LogP contribution is -2.01. The number of aromatic nitrogens is 3. The van der Waals surface area contributed by atoms with Crippen LogP contribution in [-0.4, -0.2) is 21.2 Å². The van der Waals surface area contributed by atoms with Gasteiger partial charge in [0.05, 0.1) is 17.0 Å². The lowest BCUT2D eigenvalue weighted by atomic mass is 10.1. The number of pyridine rings is 1. The molecule has 4 nitrogen and oxygen atoms in total. The normalized spacial score (nSPS) is 10.1. The highest BCUT2D eigenvalue weighted by atomic mass is 16.1. The van der Waals surface area contributed by atoms with Gasteiger partial charge in [0.1, 0.15) is 0 Å². The van der Waals surface area contributed by atoms with Gasteiger partial charge in [-0.25, -0.2) is 9.97 Å². The molecule has 0 spiro atoms. The Kier molecular flexibility index (Phi) is 2.72. The third-order valence-corrected chi connectivity index (χ3v) is 2.38. The van der Waals surface area contributed by atoms with Crippen molar-refractivity contribution < 1.29 is 4.79 Å². The molecule has 0 aromatic carbocycles. The summed E-state index contributed by atoms with van der Waals surface area (Å²) < 4.78 is 0. The molecule has 0 unspecified atom stereocenters. The first-order valence-electron chi connectivity index (χ1n) is 4.93. The van der Waals surface area contributed by atoms with Gasteiger partial charge in [0.25, 0.3) is 0 Å². The van der Waals surface area contributed by atoms with Gasteiger partial charge >= 0.3 is 0 Å². The summed E-state index contributed by atoms with van der Waals surface area (Å²) in [4.78, 5) is 23.4. The molecule has 2 rings (SSSR count). The summed E-state index contributed by atoms with van der Waals surface area (Å²) in [5.74, 6) is 0.628. The van der Waals surface area contributed by atoms with Crippen LogP contribution in [0.5, 0.6) is 0 Å². The van der Waals surface area contributed by atoms with E-state index in [0.29, 0.717) is 22.8 Å². The Morgan fingerprint density at radius 2 is 1.62 bits per heavy atom. The van der Waals surface area contributed by atoms with Gasteiger partial charge in [0.15, 0.2) is 12.1 Å². The third-order valence-electron chi connectivity index (χ3n) is 2.38. The number of nitrogens with zero attached hydrogens (tertiary/aromatic N) is 3. The van der Waals surface area contributed by atoms with Gasteiger partial charge in [-0.15, -0.1) is 0 Å². The van der Waals surface area contributed by atoms with Crippen molar-refractivity contribution >= 4 is 6.29 Å². The summed E-state index contributed by atoms with van der Waals surface area (Å²) in [6.07, 6.45) is 4.18. The maximum atomic E-state index is 10.8. The summed E-state index contributed by atoms with van der Waals surface area (Å²) in [6.45, 7) is 3.62. The van der Waals surface area contributed by atoms with Crippen molar-refractivity contribution in [2.45, 2.75) is 13.8 Å². The highest BCUT2D eigenvalue weighted by Crippen LogP contribution is 2.16. The van der Waals surface area contributed by atoms with E-state index < -0.39 is 0 Å². The Balaban J connectivity index is 2.57. The molecule has 0 bridgehead atoms. The molecule has 0 amide bonds. The molecule has 0 aliphatic rings. The largest absolute Gasteiger partial charge is 0.298 e. The predicted octanol–water partition coefficient (Wildman–Crippen LogP) is 1.97. The molecule has 0 saturated heterocycles. The minimum absolute atomic E-state index is 0.567. The lowest BCUT2D eigenvalue weighted by molar-refractivity contribution is 0.112. The van der Waals surface area contributed by atoms with Crippen molar-refractivity contribution in [3.05, 3.63) is 41.5 Å². The fraction of sp³-hybridized carbons (Fsp3) is 0.167. The van der Waals surface area contributed by atoms with Crippen LogP contribution in [0.1, 0.15) is 21.7 Å². The first-order chi connectivity index (χ1) is 7.72. The Morgan fingerprint density at radius 3 is 2.12 bits per heavy atom. The number of aryl methyl sites for hydroxylation is 2. The van der Waals surface area contributed by atoms with Gasteiger partial charge < -0.3 is 0 Å². The van der Waals surface area contributed by atoms with E-state index in [4.69, 9.17) is 0 Å². The van der Waals surface area contributed by atoms with Crippen molar-refractivity contribution in [3.8, 4) is 11.4 Å². The van der Waals surface area contributed by atoms with Crippen molar-refractivity contribution in [1.29, 1.82) is 0 Å². The first kappa shape index (κ1) is 10.4. The molecule has 0 aliphatic heterocycles. The van der Waals surface area contributed by atoms with E-state index in [-0.39, 0.29) is 0 Å². The van der Waals surface area contributed by atoms with Gasteiger partial charge in [-0.1, -0.05) is 0 Å². The maximum Gasteiger partial charge on any atom is 0.159 e. The highest BCUT2D eigenvalue weighted by Gasteiger charge is 2.08. The molecule has 16 heavy (non-hydrogen) atoms. The molecule has 0 N–H and O–H groups in total. The van der Waals surface area contributed by atoms with E-state index in [1.807, 2.05) is 26.0 Å². The molecule has 80 valence electrons. The molecule has 0 saturated carbocycles. The van der Waals surface area contributed by atoms with Crippen LogP contribution in [0, 0.1) is 13.8 Å². The van der Waals surface area contributed by atoms with E-state index in [2.05, 4.69) is 15.0 Å². The molecular weight excluding hydrogens is 202 g/mol. The van der Waals surface area contributed by atoms with Crippen LogP contribution in [-0.2, 0) is 0 Å². The number of hydrogen-bond donors (Lipinski definition) is 0. The second-order valence-corrected chi connectivity index (χ2v) is 3.49. The zero-order valence-corrected chi connectivity index (χ0v) is 9.14. The number of hydrogen-bond acceptors (Lipinski definition) is 4. The molecule has 0 atom stereocenters. The number of carbonyl (C=O) groups excluding carboxylic acids is 1. The smallest absolute Gasteiger partial charge is 0.159 e. The van der Waals surface area contributed by atoms with E-state index in [9.17, 15) is 4.79 Å². The summed E-state index contributed by atoms with van der Waals surface area (Å²) in [6, 6.07) is 3.68. The molecule has 0 aliphatic carbocycles. The fourth-order valence-corrected chi connectivity index (χ4v) is 1.53. The van der Waals surface area contributed by atoms with Gasteiger partial charge in [0, 0.05) is 18.0 Å². The van der Waals surface area contributed by atoms with Gasteiger partial charge in [-0.2, -0.15) is 0 Å². The monoisotopic (exact) mass is 213 g/mol. The lowest BCUT2D eigenvalue weighted by Gasteiger charge is -2.05. The Hall–Kier alpha value is -2.10. The number of rotatable bonds is 2. The van der Waals surface area contributed by atoms with Crippen LogP contribution < -0.4 is 0 Å². The third kappa shape index (κ3) is 1.82. The SMILES string of the molecule is Cc1nc(-c2ccncc2)nc(C)c1C=O. The van der Waals surface area contributed by atoms with E-state index >= 15 is 0 Å². The van der Waals surface area contributed by atoms with Crippen LogP contribution in [0.15, 0.2) is 24.5 Å². The van der Waals surface area contributed by atoms with Crippen LogP contribution in [0.4, 0.5) is 0 Å². The molecule has 2 aromatic rings. The number of aldehydes is 1. The van der Waals surface area contributed by atoms with Crippen LogP contribution in [0.25, 0.3) is 11.4 Å². The average molecular weight is 213 g/mol. The van der Waals surface area contributed by atoms with Crippen LogP contribution in [0.2, 0.25) is 0 Å². The Morgan fingerprint density at radius 1 is 1.06 bits per heavy atom. The Bertz CT molecular complexity index is 500. The number of carbonyl (C=O) groups is 1. The van der Waals surface area contributed by atoms with E-state index in [1.165, 1.54) is 0 Å². The van der Waals surface area contributed by atoms with E-state index in [0.717, 1.165) is 11.8 Å². The quantitative estimate of drug-likeness (QED) is 0.715. The van der Waals surface area contributed by atoms with Gasteiger partial charge in [0.2, 0.25) is 0 Å². The summed E-state index contributed by atoms with van der Waals surface area (Å²) in [5.41, 5.74) is 2.88. The van der Waals surface area contributed by atoms with E-state index in [1.54, 1.807) is 12.4 Å². The Labute approximate surface area is 93.4 Å². The molecule has 0 radical (unpaired) electrons. The highest BCUT2D eigenvalue weighted by molar-refractivity contribution is 5.78. The standard InChI is InChI=1S/C12H11N3O/c1-8-11(7-16)9(2)15-12(14-8)10-3-5-13-6-4-10/h3-7H,1-2H3. The summed E-state index contributed by atoms with van der Waals surface area (Å²) >= 11 is 0. The van der Waals surface area contributed by atoms with Crippen molar-refractivity contribution in [1.82, 2.24) is 15.0 Å². The van der Waals surface area contributed by atoms with Gasteiger partial charge in [-0.3, -0.25) is 9.78 Å². The predicted molar refractivity (Wildman–Crippen MR) is 60.1 cm³/mol. The van der Waals surface area contributed by atoms with Crippen molar-refractivity contribution in [2.75, 3.05) is 0 Å². The minimum atomic E-state index is 0.567. The van der Waals surface area contributed by atoms with Crippen LogP contribution >= 0.6 is 0 Å². The maximum absolute atomic E-state index is 10.8. The summed E-state index contributed by atoms with van der Waals surface area (Å²) in [5, 5.41) is 0. The second-order valence-electron chi connectivity index (χ2n) is 3.49.